The van der Waals surface area contributed by atoms with Gasteiger partial charge in [-0.15, -0.1) is 0 Å². The summed E-state index contributed by atoms with van der Waals surface area (Å²) >= 11 is 0. The number of hydrogen-bond acceptors (Lipinski definition) is 4. The SMILES string of the molecule is CN(CCO)C(=O)c1ccc2c(c1)N(C)C(=O)CCO2. The lowest BCUT2D eigenvalue weighted by Gasteiger charge is -2.19. The Hall–Kier alpha value is -2.08. The highest BCUT2D eigenvalue weighted by Crippen LogP contribution is 2.31. The number of aliphatic hydroxyl groups excluding tert-OH is 1. The molecule has 2 amide bonds. The van der Waals surface area contributed by atoms with E-state index in [4.69, 9.17) is 9.84 Å². The van der Waals surface area contributed by atoms with E-state index in [1.165, 1.54) is 9.80 Å². The van der Waals surface area contributed by atoms with Crippen molar-refractivity contribution in [3.8, 4) is 5.75 Å². The highest BCUT2D eigenvalue weighted by atomic mass is 16.5. The first kappa shape index (κ1) is 14.3. The van der Waals surface area contributed by atoms with Gasteiger partial charge in [0.1, 0.15) is 5.75 Å². The summed E-state index contributed by atoms with van der Waals surface area (Å²) in [4.78, 5) is 26.9. The van der Waals surface area contributed by atoms with E-state index in [1.54, 1.807) is 32.3 Å². The second-order valence-electron chi connectivity index (χ2n) is 4.68. The minimum atomic E-state index is -0.202. The number of ether oxygens (including phenoxy) is 1. The Morgan fingerprint density at radius 2 is 2.25 bits per heavy atom. The van der Waals surface area contributed by atoms with E-state index in [0.717, 1.165) is 0 Å². The van der Waals surface area contributed by atoms with Gasteiger partial charge in [0.25, 0.3) is 5.91 Å². The number of carbonyl (C=O) groups excluding carboxylic acids is 2. The normalized spacial score (nSPS) is 14.3. The summed E-state index contributed by atoms with van der Waals surface area (Å²) in [6.07, 6.45) is 0.318. The minimum absolute atomic E-state index is 0.0444. The van der Waals surface area contributed by atoms with Crippen LogP contribution in [-0.4, -0.2) is 55.7 Å². The maximum Gasteiger partial charge on any atom is 0.253 e. The zero-order valence-corrected chi connectivity index (χ0v) is 11.6. The Morgan fingerprint density at radius 3 is 2.95 bits per heavy atom. The zero-order valence-electron chi connectivity index (χ0n) is 11.6. The van der Waals surface area contributed by atoms with Crippen LogP contribution >= 0.6 is 0 Å². The molecule has 1 aliphatic rings. The van der Waals surface area contributed by atoms with Gasteiger partial charge in [0.15, 0.2) is 0 Å². The second kappa shape index (κ2) is 5.92. The van der Waals surface area contributed by atoms with E-state index in [0.29, 0.717) is 30.0 Å². The maximum atomic E-state index is 12.2. The van der Waals surface area contributed by atoms with Crippen LogP contribution in [0.5, 0.6) is 5.75 Å². The van der Waals surface area contributed by atoms with Gasteiger partial charge in [-0.2, -0.15) is 0 Å². The molecule has 1 aromatic rings. The summed E-state index contributed by atoms with van der Waals surface area (Å²) in [7, 11) is 3.29. The zero-order chi connectivity index (χ0) is 14.7. The minimum Gasteiger partial charge on any atom is -0.491 e. The van der Waals surface area contributed by atoms with Gasteiger partial charge in [-0.3, -0.25) is 9.59 Å². The van der Waals surface area contributed by atoms with Crippen molar-refractivity contribution in [3.05, 3.63) is 23.8 Å². The number of nitrogens with zero attached hydrogens (tertiary/aromatic N) is 2. The van der Waals surface area contributed by atoms with Crippen LogP contribution in [-0.2, 0) is 4.79 Å². The number of carbonyl (C=O) groups is 2. The molecular formula is C14H18N2O4. The molecule has 0 unspecified atom stereocenters. The van der Waals surface area contributed by atoms with Crippen LogP contribution in [0.4, 0.5) is 5.69 Å². The van der Waals surface area contributed by atoms with Gasteiger partial charge in [-0.1, -0.05) is 0 Å². The fourth-order valence-electron chi connectivity index (χ4n) is 2.06. The van der Waals surface area contributed by atoms with Crippen LogP contribution in [0.2, 0.25) is 0 Å². The fraction of sp³-hybridized carbons (Fsp3) is 0.429. The lowest BCUT2D eigenvalue weighted by Crippen LogP contribution is -2.30. The molecule has 2 rings (SSSR count). The molecule has 0 radical (unpaired) electrons. The molecule has 0 fully saturated rings. The van der Waals surface area contributed by atoms with Crippen molar-refractivity contribution < 1.29 is 19.4 Å². The van der Waals surface area contributed by atoms with Gasteiger partial charge in [0, 0.05) is 26.2 Å². The molecule has 0 aliphatic carbocycles. The molecule has 1 N–H and O–H groups in total. The van der Waals surface area contributed by atoms with Crippen LogP contribution in [0, 0.1) is 0 Å². The number of amides is 2. The predicted octanol–water partition coefficient (Wildman–Crippen LogP) is 0.496. The first-order chi connectivity index (χ1) is 9.54. The van der Waals surface area contributed by atoms with Gasteiger partial charge < -0.3 is 19.6 Å². The lowest BCUT2D eigenvalue weighted by atomic mass is 10.1. The number of fused-ring (bicyclic) bond motifs is 1. The van der Waals surface area contributed by atoms with Crippen molar-refractivity contribution in [3.63, 3.8) is 0 Å². The first-order valence-electron chi connectivity index (χ1n) is 6.44. The highest BCUT2D eigenvalue weighted by molar-refractivity contribution is 5.99. The molecule has 1 aliphatic heterocycles. The maximum absolute atomic E-state index is 12.2. The summed E-state index contributed by atoms with van der Waals surface area (Å²) in [5.74, 6) is 0.351. The summed E-state index contributed by atoms with van der Waals surface area (Å²) in [6.45, 7) is 0.518. The first-order valence-corrected chi connectivity index (χ1v) is 6.44. The van der Waals surface area contributed by atoms with Crippen molar-refractivity contribution in [1.82, 2.24) is 4.90 Å². The average Bonchev–Trinajstić information content (AvgIpc) is 2.58. The van der Waals surface area contributed by atoms with Crippen molar-refractivity contribution in [2.75, 3.05) is 38.8 Å². The number of anilines is 1. The van der Waals surface area contributed by atoms with E-state index in [2.05, 4.69) is 0 Å². The predicted molar refractivity (Wildman–Crippen MR) is 74.0 cm³/mol. The van der Waals surface area contributed by atoms with Crippen molar-refractivity contribution >= 4 is 17.5 Å². The molecule has 1 aromatic carbocycles. The molecule has 6 nitrogen and oxygen atoms in total. The third-order valence-electron chi connectivity index (χ3n) is 3.30. The number of benzene rings is 1. The number of likely N-dealkylation sites (N-methyl/N-ethyl adjacent to an activating group) is 1. The van der Waals surface area contributed by atoms with Gasteiger partial charge in [0.05, 0.1) is 25.3 Å². The molecule has 20 heavy (non-hydrogen) atoms. The van der Waals surface area contributed by atoms with Gasteiger partial charge in [-0.25, -0.2) is 0 Å². The van der Waals surface area contributed by atoms with Crippen LogP contribution < -0.4 is 9.64 Å². The van der Waals surface area contributed by atoms with E-state index < -0.39 is 0 Å². The number of rotatable bonds is 3. The molecule has 0 atom stereocenters. The number of hydrogen-bond donors (Lipinski definition) is 1. The van der Waals surface area contributed by atoms with Crippen molar-refractivity contribution in [2.45, 2.75) is 6.42 Å². The molecule has 108 valence electrons. The van der Waals surface area contributed by atoms with E-state index in [9.17, 15) is 9.59 Å². The van der Waals surface area contributed by atoms with Gasteiger partial charge >= 0.3 is 0 Å². The van der Waals surface area contributed by atoms with Crippen LogP contribution in [0.25, 0.3) is 0 Å². The smallest absolute Gasteiger partial charge is 0.253 e. The topological polar surface area (TPSA) is 70.1 Å². The Labute approximate surface area is 117 Å². The van der Waals surface area contributed by atoms with Crippen LogP contribution in [0.1, 0.15) is 16.8 Å². The Balaban J connectivity index is 2.33. The van der Waals surface area contributed by atoms with Crippen LogP contribution in [0.3, 0.4) is 0 Å². The summed E-state index contributed by atoms with van der Waals surface area (Å²) in [6, 6.07) is 5.01. The molecule has 6 heteroatoms. The molecule has 0 saturated carbocycles. The third kappa shape index (κ3) is 2.75. The largest absolute Gasteiger partial charge is 0.491 e. The highest BCUT2D eigenvalue weighted by Gasteiger charge is 2.22. The van der Waals surface area contributed by atoms with E-state index >= 15 is 0 Å². The van der Waals surface area contributed by atoms with Gasteiger partial charge in [-0.05, 0) is 18.2 Å². The molecule has 1 heterocycles. The molecule has 0 saturated heterocycles. The van der Waals surface area contributed by atoms with Crippen LogP contribution in [0.15, 0.2) is 18.2 Å². The van der Waals surface area contributed by atoms with E-state index in [-0.39, 0.29) is 25.0 Å². The average molecular weight is 278 g/mol. The molecule has 0 aromatic heterocycles. The Bertz CT molecular complexity index is 530. The Morgan fingerprint density at radius 1 is 1.50 bits per heavy atom. The lowest BCUT2D eigenvalue weighted by molar-refractivity contribution is -0.118. The molecule has 0 spiro atoms. The van der Waals surface area contributed by atoms with E-state index in [1.807, 2.05) is 0 Å². The van der Waals surface area contributed by atoms with Gasteiger partial charge in [0.2, 0.25) is 5.91 Å². The van der Waals surface area contributed by atoms with Crippen molar-refractivity contribution in [1.29, 1.82) is 0 Å². The second-order valence-corrected chi connectivity index (χ2v) is 4.68. The van der Waals surface area contributed by atoms with Crippen molar-refractivity contribution in [2.24, 2.45) is 0 Å². The quantitative estimate of drug-likeness (QED) is 0.874. The summed E-state index contributed by atoms with van der Waals surface area (Å²) < 4.78 is 5.50. The molecular weight excluding hydrogens is 260 g/mol. The number of aliphatic hydroxyl groups is 1. The monoisotopic (exact) mass is 278 g/mol. The Kier molecular flexibility index (Phi) is 4.24. The summed E-state index contributed by atoms with van der Waals surface area (Å²) in [5.41, 5.74) is 1.06. The fourth-order valence-corrected chi connectivity index (χ4v) is 2.06. The molecule has 0 bridgehead atoms. The standard InChI is InChI=1S/C14H18N2O4/c1-15(6-7-17)14(19)10-3-4-12-11(9-10)16(2)13(18)5-8-20-12/h3-4,9,17H,5-8H2,1-2H3. The summed E-state index contributed by atoms with van der Waals surface area (Å²) in [5, 5.41) is 8.87. The third-order valence-corrected chi connectivity index (χ3v) is 3.30.